The van der Waals surface area contributed by atoms with Crippen LogP contribution in [0, 0.1) is 0 Å². The summed E-state index contributed by atoms with van der Waals surface area (Å²) in [7, 11) is 3.01. The van der Waals surface area contributed by atoms with E-state index in [0.29, 0.717) is 19.6 Å². The third kappa shape index (κ3) is 7.71. The number of hydrogen-bond donors (Lipinski definition) is 0. The van der Waals surface area contributed by atoms with Crippen molar-refractivity contribution in [3.05, 3.63) is 65.7 Å². The van der Waals surface area contributed by atoms with E-state index in [-0.39, 0.29) is 12.1 Å². The highest BCUT2D eigenvalue weighted by atomic mass is 16.6. The third-order valence-corrected chi connectivity index (χ3v) is 4.53. The monoisotopic (exact) mass is 386 g/mol. The van der Waals surface area contributed by atoms with Crippen LogP contribution in [0.5, 0.6) is 5.75 Å². The lowest BCUT2D eigenvalue weighted by Crippen LogP contribution is -2.26. The molecule has 0 saturated carbocycles. The molecule has 0 heterocycles. The van der Waals surface area contributed by atoms with E-state index in [1.54, 1.807) is 7.11 Å². The summed E-state index contributed by atoms with van der Waals surface area (Å²) in [6.45, 7) is 2.99. The molecule has 0 aromatic heterocycles. The lowest BCUT2D eigenvalue weighted by atomic mass is 10.1. The van der Waals surface area contributed by atoms with Crippen molar-refractivity contribution < 1.29 is 23.7 Å². The van der Waals surface area contributed by atoms with Crippen molar-refractivity contribution in [3.63, 3.8) is 0 Å². The second kappa shape index (κ2) is 12.2. The Balaban J connectivity index is 1.73. The first-order valence-electron chi connectivity index (χ1n) is 9.60. The van der Waals surface area contributed by atoms with Crippen molar-refractivity contribution >= 4 is 5.97 Å². The maximum Gasteiger partial charge on any atom is 0.334 e. The quantitative estimate of drug-likeness (QED) is 0.502. The van der Waals surface area contributed by atoms with Gasteiger partial charge >= 0.3 is 5.97 Å². The summed E-state index contributed by atoms with van der Waals surface area (Å²) < 4.78 is 21.7. The fourth-order valence-electron chi connectivity index (χ4n) is 2.81. The Morgan fingerprint density at radius 3 is 2.14 bits per heavy atom. The van der Waals surface area contributed by atoms with Crippen LogP contribution in [-0.2, 0) is 32.2 Å². The molecule has 0 unspecified atom stereocenters. The van der Waals surface area contributed by atoms with Gasteiger partial charge in [0.15, 0.2) is 6.10 Å². The molecule has 0 saturated heterocycles. The van der Waals surface area contributed by atoms with Gasteiger partial charge in [-0.05, 0) is 49.4 Å². The minimum absolute atomic E-state index is 0.111. The van der Waals surface area contributed by atoms with E-state index >= 15 is 0 Å². The van der Waals surface area contributed by atoms with Crippen molar-refractivity contribution in [2.75, 3.05) is 14.2 Å². The minimum atomic E-state index is -0.576. The fraction of sp³-hybridized carbons (Fsp3) is 0.435. The molecule has 0 amide bonds. The Kier molecular flexibility index (Phi) is 9.52. The molecule has 2 rings (SSSR count). The number of methoxy groups -OCH3 is 2. The molecule has 0 spiro atoms. The molecule has 2 aromatic rings. The first-order chi connectivity index (χ1) is 13.6. The molecule has 0 bridgehead atoms. The number of rotatable bonds is 12. The number of hydrogen-bond acceptors (Lipinski definition) is 5. The summed E-state index contributed by atoms with van der Waals surface area (Å²) in [6, 6.07) is 17.7. The number of ether oxygens (including phenoxy) is 4. The molecular weight excluding hydrogens is 356 g/mol. The lowest BCUT2D eigenvalue weighted by molar-refractivity contribution is -0.155. The van der Waals surface area contributed by atoms with Gasteiger partial charge in [0.25, 0.3) is 0 Å². The Bertz CT molecular complexity index is 684. The van der Waals surface area contributed by atoms with Gasteiger partial charge in [-0.15, -0.1) is 0 Å². The van der Waals surface area contributed by atoms with Crippen molar-refractivity contribution in [3.8, 4) is 5.75 Å². The van der Waals surface area contributed by atoms with Crippen LogP contribution in [0.4, 0.5) is 0 Å². The zero-order chi connectivity index (χ0) is 20.2. The number of benzene rings is 2. The van der Waals surface area contributed by atoms with Crippen LogP contribution < -0.4 is 4.74 Å². The molecule has 2 atom stereocenters. The summed E-state index contributed by atoms with van der Waals surface area (Å²) in [6.07, 6.45) is 1.81. The second-order valence-electron chi connectivity index (χ2n) is 6.71. The smallest absolute Gasteiger partial charge is 0.334 e. The minimum Gasteiger partial charge on any atom is -0.497 e. The van der Waals surface area contributed by atoms with Gasteiger partial charge in [0.2, 0.25) is 0 Å². The van der Waals surface area contributed by atoms with E-state index in [0.717, 1.165) is 29.7 Å². The molecule has 5 nitrogen and oxygen atoms in total. The maximum atomic E-state index is 12.0. The summed E-state index contributed by atoms with van der Waals surface area (Å²) in [4.78, 5) is 12.0. The van der Waals surface area contributed by atoms with Crippen molar-refractivity contribution in [2.45, 2.75) is 51.6 Å². The van der Waals surface area contributed by atoms with Crippen LogP contribution in [0.25, 0.3) is 0 Å². The van der Waals surface area contributed by atoms with Gasteiger partial charge in [0, 0.05) is 0 Å². The number of carbonyl (C=O) groups excluding carboxylic acids is 1. The molecule has 2 aromatic carbocycles. The molecular formula is C23H30O5. The third-order valence-electron chi connectivity index (χ3n) is 4.53. The Hall–Kier alpha value is -2.37. The maximum absolute atomic E-state index is 12.0. The number of esters is 1. The Labute approximate surface area is 167 Å². The molecule has 152 valence electrons. The highest BCUT2D eigenvalue weighted by Gasteiger charge is 2.20. The van der Waals surface area contributed by atoms with Gasteiger partial charge in [-0.1, -0.05) is 42.5 Å². The van der Waals surface area contributed by atoms with Crippen LogP contribution in [0.1, 0.15) is 37.3 Å². The van der Waals surface area contributed by atoms with Gasteiger partial charge in [-0.3, -0.25) is 0 Å². The molecule has 5 heteroatoms. The van der Waals surface area contributed by atoms with E-state index in [2.05, 4.69) is 0 Å². The van der Waals surface area contributed by atoms with Crippen LogP contribution >= 0.6 is 0 Å². The zero-order valence-corrected chi connectivity index (χ0v) is 16.9. The summed E-state index contributed by atoms with van der Waals surface area (Å²) >= 11 is 0. The first kappa shape index (κ1) is 21.9. The van der Waals surface area contributed by atoms with Gasteiger partial charge in [-0.2, -0.15) is 0 Å². The highest BCUT2D eigenvalue weighted by Crippen LogP contribution is 2.16. The molecule has 0 aliphatic carbocycles. The predicted octanol–water partition coefficient (Wildman–Crippen LogP) is 4.53. The summed E-state index contributed by atoms with van der Waals surface area (Å²) in [5, 5.41) is 0. The van der Waals surface area contributed by atoms with Gasteiger partial charge in [0.1, 0.15) is 5.75 Å². The van der Waals surface area contributed by atoms with Gasteiger partial charge in [0.05, 0.1) is 33.5 Å². The first-order valence-corrected chi connectivity index (χ1v) is 9.60. The van der Waals surface area contributed by atoms with Crippen LogP contribution in [0.2, 0.25) is 0 Å². The topological polar surface area (TPSA) is 54.0 Å². The Morgan fingerprint density at radius 1 is 0.857 bits per heavy atom. The molecule has 0 aliphatic rings. The molecule has 0 fully saturated rings. The van der Waals surface area contributed by atoms with E-state index in [1.165, 1.54) is 7.11 Å². The highest BCUT2D eigenvalue weighted by molar-refractivity contribution is 5.74. The fourth-order valence-corrected chi connectivity index (χ4v) is 2.81. The average molecular weight is 386 g/mol. The zero-order valence-electron chi connectivity index (χ0n) is 16.9. The van der Waals surface area contributed by atoms with Crippen LogP contribution in [-0.4, -0.2) is 32.4 Å². The lowest BCUT2D eigenvalue weighted by Gasteiger charge is -2.18. The van der Waals surface area contributed by atoms with Crippen molar-refractivity contribution in [2.24, 2.45) is 0 Å². The molecule has 28 heavy (non-hydrogen) atoms. The molecule has 0 N–H and O–H groups in total. The molecule has 0 radical (unpaired) electrons. The van der Waals surface area contributed by atoms with E-state index < -0.39 is 6.10 Å². The SMILES string of the molecule is COC(=O)[C@@H](CCC[C@H](C)OCc1ccccc1)OCc1ccc(OC)cc1. The predicted molar refractivity (Wildman–Crippen MR) is 108 cm³/mol. The van der Waals surface area contributed by atoms with Gasteiger partial charge < -0.3 is 18.9 Å². The largest absolute Gasteiger partial charge is 0.497 e. The van der Waals surface area contributed by atoms with E-state index in [9.17, 15) is 4.79 Å². The summed E-state index contributed by atoms with van der Waals surface area (Å²) in [5.74, 6) is 0.448. The number of carbonyl (C=O) groups is 1. The normalized spacial score (nSPS) is 13.0. The Morgan fingerprint density at radius 2 is 1.50 bits per heavy atom. The van der Waals surface area contributed by atoms with Crippen molar-refractivity contribution in [1.82, 2.24) is 0 Å². The summed E-state index contributed by atoms with van der Waals surface area (Å²) in [5.41, 5.74) is 2.14. The second-order valence-corrected chi connectivity index (χ2v) is 6.71. The average Bonchev–Trinajstić information content (AvgIpc) is 2.75. The van der Waals surface area contributed by atoms with Crippen molar-refractivity contribution in [1.29, 1.82) is 0 Å². The molecule has 0 aliphatic heterocycles. The van der Waals surface area contributed by atoms with Crippen LogP contribution in [0.3, 0.4) is 0 Å². The van der Waals surface area contributed by atoms with E-state index in [4.69, 9.17) is 18.9 Å². The van der Waals surface area contributed by atoms with Gasteiger partial charge in [-0.25, -0.2) is 4.79 Å². The standard InChI is InChI=1S/C23H30O5/c1-18(27-16-19-9-5-4-6-10-19)8-7-11-22(23(24)26-3)28-17-20-12-14-21(25-2)15-13-20/h4-6,9-10,12-15,18,22H,7-8,11,16-17H2,1-3H3/t18-,22+/m0/s1. The van der Waals surface area contributed by atoms with E-state index in [1.807, 2.05) is 61.5 Å². The van der Waals surface area contributed by atoms with Crippen LogP contribution in [0.15, 0.2) is 54.6 Å².